The number of anilines is 1. The minimum Gasteiger partial charge on any atom is -0.454 e. The molecule has 0 spiro atoms. The second kappa shape index (κ2) is 4.97. The number of carbonyl (C=O) groups excluding carboxylic acids is 1. The Morgan fingerprint density at radius 1 is 1.37 bits per heavy atom. The van der Waals surface area contributed by atoms with E-state index in [0.717, 1.165) is 12.1 Å². The summed E-state index contributed by atoms with van der Waals surface area (Å²) in [4.78, 5) is 13.8. The Bertz CT molecular complexity index is 492. The van der Waals surface area contributed by atoms with Gasteiger partial charge in [0, 0.05) is 24.8 Å². The van der Waals surface area contributed by atoms with Crippen molar-refractivity contribution in [2.24, 2.45) is 0 Å². The van der Waals surface area contributed by atoms with Crippen molar-refractivity contribution in [3.63, 3.8) is 0 Å². The molecule has 2 N–H and O–H groups in total. The molecule has 2 aliphatic rings. The van der Waals surface area contributed by atoms with Gasteiger partial charge in [-0.1, -0.05) is 0 Å². The molecule has 1 aromatic carbocycles. The van der Waals surface area contributed by atoms with E-state index >= 15 is 0 Å². The van der Waals surface area contributed by atoms with E-state index in [9.17, 15) is 9.90 Å². The van der Waals surface area contributed by atoms with E-state index in [-0.39, 0.29) is 19.3 Å². The van der Waals surface area contributed by atoms with Gasteiger partial charge >= 0.3 is 0 Å². The summed E-state index contributed by atoms with van der Waals surface area (Å²) in [5.74, 6) is 1.25. The molecule has 2 heterocycles. The van der Waals surface area contributed by atoms with E-state index in [4.69, 9.17) is 9.47 Å². The third-order valence-corrected chi connectivity index (χ3v) is 3.41. The fourth-order valence-corrected chi connectivity index (χ4v) is 2.43. The van der Waals surface area contributed by atoms with Crippen LogP contribution in [-0.4, -0.2) is 43.5 Å². The number of carbonyl (C=O) groups is 1. The molecule has 102 valence electrons. The average molecular weight is 264 g/mol. The first kappa shape index (κ1) is 12.1. The van der Waals surface area contributed by atoms with Crippen molar-refractivity contribution >= 4 is 11.6 Å². The van der Waals surface area contributed by atoms with Gasteiger partial charge in [0.05, 0.1) is 6.61 Å². The summed E-state index contributed by atoms with van der Waals surface area (Å²) in [5.41, 5.74) is 0.861. The highest BCUT2D eigenvalue weighted by atomic mass is 16.7. The van der Waals surface area contributed by atoms with Crippen LogP contribution in [0.1, 0.15) is 6.42 Å². The Morgan fingerprint density at radius 3 is 3.05 bits per heavy atom. The van der Waals surface area contributed by atoms with E-state index in [2.05, 4.69) is 5.32 Å². The summed E-state index contributed by atoms with van der Waals surface area (Å²) in [7, 11) is 0. The number of hydrogen-bond acceptors (Lipinski definition) is 5. The number of amides is 1. The molecule has 3 rings (SSSR count). The van der Waals surface area contributed by atoms with Crippen LogP contribution in [0.25, 0.3) is 0 Å². The molecular weight excluding hydrogens is 248 g/mol. The highest BCUT2D eigenvalue weighted by Crippen LogP contribution is 2.36. The van der Waals surface area contributed by atoms with E-state index < -0.39 is 6.04 Å². The average Bonchev–Trinajstić information content (AvgIpc) is 2.81. The van der Waals surface area contributed by atoms with Crippen molar-refractivity contribution in [3.8, 4) is 11.5 Å². The smallest absolute Gasteiger partial charge is 0.245 e. The molecule has 6 heteroatoms. The van der Waals surface area contributed by atoms with Crippen molar-refractivity contribution in [1.82, 2.24) is 5.32 Å². The molecule has 0 saturated carbocycles. The molecule has 1 atom stereocenters. The van der Waals surface area contributed by atoms with Crippen LogP contribution in [0.3, 0.4) is 0 Å². The van der Waals surface area contributed by atoms with E-state index in [0.29, 0.717) is 24.6 Å². The van der Waals surface area contributed by atoms with Crippen molar-refractivity contribution in [2.45, 2.75) is 12.5 Å². The Hall–Kier alpha value is -1.95. The highest BCUT2D eigenvalue weighted by molar-refractivity contribution is 5.86. The Morgan fingerprint density at radius 2 is 2.21 bits per heavy atom. The SMILES string of the molecule is O=C1NCCCN(c2ccc3c(c2)OCO3)C1CO. The standard InChI is InChI=1S/C13H16N2O4/c16-7-10-13(17)14-4-1-5-15(10)9-2-3-11-12(6-9)19-8-18-11/h2-3,6,10,16H,1,4-5,7-8H2,(H,14,17). The fraction of sp³-hybridized carbons (Fsp3) is 0.462. The number of rotatable bonds is 2. The normalized spacial score (nSPS) is 22.1. The predicted octanol–water partition coefficient (Wildman–Crippen LogP) is 0.102. The number of fused-ring (bicyclic) bond motifs is 1. The molecule has 1 unspecified atom stereocenters. The van der Waals surface area contributed by atoms with Crippen molar-refractivity contribution in [2.75, 3.05) is 31.4 Å². The fourth-order valence-electron chi connectivity index (χ4n) is 2.43. The van der Waals surface area contributed by atoms with Crippen LogP contribution in [0, 0.1) is 0 Å². The van der Waals surface area contributed by atoms with Crippen LogP contribution < -0.4 is 19.7 Å². The molecule has 1 amide bonds. The van der Waals surface area contributed by atoms with Gasteiger partial charge in [-0.25, -0.2) is 0 Å². The first-order valence-electron chi connectivity index (χ1n) is 6.34. The van der Waals surface area contributed by atoms with Crippen molar-refractivity contribution < 1.29 is 19.4 Å². The molecule has 0 radical (unpaired) electrons. The van der Waals surface area contributed by atoms with Gasteiger partial charge in [-0.05, 0) is 18.6 Å². The maximum Gasteiger partial charge on any atom is 0.245 e. The first-order valence-corrected chi connectivity index (χ1v) is 6.34. The second-order valence-electron chi connectivity index (χ2n) is 4.57. The summed E-state index contributed by atoms with van der Waals surface area (Å²) < 4.78 is 10.6. The summed E-state index contributed by atoms with van der Waals surface area (Å²) in [6.07, 6.45) is 0.844. The molecule has 0 aliphatic carbocycles. The minimum atomic E-state index is -0.553. The van der Waals surface area contributed by atoms with Gasteiger partial charge in [0.25, 0.3) is 0 Å². The zero-order valence-electron chi connectivity index (χ0n) is 10.5. The molecule has 1 saturated heterocycles. The van der Waals surface area contributed by atoms with Crippen molar-refractivity contribution in [3.05, 3.63) is 18.2 Å². The zero-order valence-corrected chi connectivity index (χ0v) is 10.5. The second-order valence-corrected chi connectivity index (χ2v) is 4.57. The van der Waals surface area contributed by atoms with Gasteiger partial charge in [-0.2, -0.15) is 0 Å². The molecule has 1 fully saturated rings. The molecule has 6 nitrogen and oxygen atoms in total. The van der Waals surface area contributed by atoms with Crippen LogP contribution in [-0.2, 0) is 4.79 Å². The molecule has 0 aromatic heterocycles. The van der Waals surface area contributed by atoms with E-state index in [1.54, 1.807) is 0 Å². The molecule has 19 heavy (non-hydrogen) atoms. The first-order chi connectivity index (χ1) is 9.29. The highest BCUT2D eigenvalue weighted by Gasteiger charge is 2.28. The summed E-state index contributed by atoms with van der Waals surface area (Å²) in [6, 6.07) is 5.01. The van der Waals surface area contributed by atoms with Gasteiger partial charge in [0.2, 0.25) is 12.7 Å². The van der Waals surface area contributed by atoms with Gasteiger partial charge in [-0.15, -0.1) is 0 Å². The molecule has 2 aliphatic heterocycles. The number of nitrogens with zero attached hydrogens (tertiary/aromatic N) is 1. The van der Waals surface area contributed by atoms with Gasteiger partial charge in [-0.3, -0.25) is 4.79 Å². The summed E-state index contributed by atoms with van der Waals surface area (Å²) >= 11 is 0. The van der Waals surface area contributed by atoms with Crippen LogP contribution >= 0.6 is 0 Å². The monoisotopic (exact) mass is 264 g/mol. The molecule has 1 aromatic rings. The number of ether oxygens (including phenoxy) is 2. The van der Waals surface area contributed by atoms with Crippen LogP contribution in [0.4, 0.5) is 5.69 Å². The summed E-state index contributed by atoms with van der Waals surface area (Å²) in [5, 5.41) is 12.3. The van der Waals surface area contributed by atoms with Gasteiger partial charge in [0.1, 0.15) is 6.04 Å². The lowest BCUT2D eigenvalue weighted by atomic mass is 10.2. The number of aliphatic hydroxyl groups excluding tert-OH is 1. The number of hydrogen-bond donors (Lipinski definition) is 2. The quantitative estimate of drug-likeness (QED) is 0.793. The van der Waals surface area contributed by atoms with Gasteiger partial charge < -0.3 is 24.8 Å². The maximum absolute atomic E-state index is 11.9. The van der Waals surface area contributed by atoms with E-state index in [1.807, 2.05) is 23.1 Å². The Balaban J connectivity index is 1.92. The lowest BCUT2D eigenvalue weighted by Crippen LogP contribution is -2.46. The Kier molecular flexibility index (Phi) is 3.16. The number of nitrogens with one attached hydrogen (secondary N) is 1. The number of aliphatic hydroxyl groups is 1. The Labute approximate surface area is 110 Å². The number of benzene rings is 1. The minimum absolute atomic E-state index is 0.141. The van der Waals surface area contributed by atoms with E-state index in [1.165, 1.54) is 0 Å². The lowest BCUT2D eigenvalue weighted by molar-refractivity contribution is -0.122. The van der Waals surface area contributed by atoms with Crippen LogP contribution in [0.15, 0.2) is 18.2 Å². The largest absolute Gasteiger partial charge is 0.454 e. The maximum atomic E-state index is 11.9. The van der Waals surface area contributed by atoms with Crippen molar-refractivity contribution in [1.29, 1.82) is 0 Å². The van der Waals surface area contributed by atoms with Gasteiger partial charge in [0.15, 0.2) is 11.5 Å². The third kappa shape index (κ3) is 2.19. The predicted molar refractivity (Wildman–Crippen MR) is 68.4 cm³/mol. The third-order valence-electron chi connectivity index (χ3n) is 3.41. The van der Waals surface area contributed by atoms with Crippen LogP contribution in [0.2, 0.25) is 0 Å². The van der Waals surface area contributed by atoms with Crippen LogP contribution in [0.5, 0.6) is 11.5 Å². The topological polar surface area (TPSA) is 71.0 Å². The molecule has 0 bridgehead atoms. The summed E-state index contributed by atoms with van der Waals surface area (Å²) in [6.45, 7) is 1.36. The molecular formula is C13H16N2O4. The lowest BCUT2D eigenvalue weighted by Gasteiger charge is -2.29. The zero-order chi connectivity index (χ0) is 13.2.